The minimum Gasteiger partial charge on any atom is -0.394 e. The molecule has 2 aromatic heterocycles. The van der Waals surface area contributed by atoms with Gasteiger partial charge >= 0.3 is 0 Å². The van der Waals surface area contributed by atoms with Crippen LogP contribution in [0.4, 0.5) is 5.95 Å². The smallest absolute Gasteiger partial charge is 0.280 e. The van der Waals surface area contributed by atoms with E-state index in [1.165, 1.54) is 6.33 Å². The minimum atomic E-state index is -0.694. The van der Waals surface area contributed by atoms with Crippen LogP contribution in [-0.4, -0.2) is 61.2 Å². The van der Waals surface area contributed by atoms with Crippen molar-refractivity contribution in [1.82, 2.24) is 19.5 Å². The van der Waals surface area contributed by atoms with Gasteiger partial charge in [-0.15, -0.1) is 6.58 Å². The number of imidazole rings is 1. The average Bonchev–Trinajstić information content (AvgIpc) is 3.09. The molecule has 1 aliphatic heterocycles. The van der Waals surface area contributed by atoms with Gasteiger partial charge in [0, 0.05) is 13.0 Å². The number of nitrogens with one attached hydrogen (secondary N) is 2. The second-order valence-electron chi connectivity index (χ2n) is 5.44. The van der Waals surface area contributed by atoms with Gasteiger partial charge in [0.25, 0.3) is 5.56 Å². The van der Waals surface area contributed by atoms with E-state index in [0.29, 0.717) is 31.1 Å². The first kappa shape index (κ1) is 15.7. The topological polar surface area (TPSA) is 125 Å². The number of nitrogens with zero attached hydrogens (tertiary/aromatic N) is 3. The number of aromatic nitrogens is 4. The summed E-state index contributed by atoms with van der Waals surface area (Å²) in [6.45, 7) is 4.23. The molecule has 4 N–H and O–H groups in total. The molecule has 0 spiro atoms. The van der Waals surface area contributed by atoms with E-state index in [1.54, 1.807) is 10.6 Å². The van der Waals surface area contributed by atoms with Crippen molar-refractivity contribution in [3.63, 3.8) is 0 Å². The summed E-state index contributed by atoms with van der Waals surface area (Å²) < 4.78 is 7.29. The van der Waals surface area contributed by atoms with Crippen LogP contribution in [0.2, 0.25) is 0 Å². The maximum atomic E-state index is 12.0. The summed E-state index contributed by atoms with van der Waals surface area (Å²) >= 11 is 0. The van der Waals surface area contributed by atoms with E-state index >= 15 is 0 Å². The van der Waals surface area contributed by atoms with Crippen LogP contribution in [0.5, 0.6) is 0 Å². The zero-order valence-electron chi connectivity index (χ0n) is 12.5. The van der Waals surface area contributed by atoms with Crippen LogP contribution in [0, 0.1) is 0 Å². The number of aliphatic hydroxyl groups is 2. The van der Waals surface area contributed by atoms with Gasteiger partial charge in [0.05, 0.1) is 31.7 Å². The number of hydrogen-bond acceptors (Lipinski definition) is 7. The minimum absolute atomic E-state index is 0.226. The molecule has 3 rings (SSSR count). The monoisotopic (exact) mass is 321 g/mol. The molecular formula is C14H19N5O4. The van der Waals surface area contributed by atoms with Crippen molar-refractivity contribution in [2.45, 2.75) is 31.3 Å². The fourth-order valence-corrected chi connectivity index (χ4v) is 2.66. The Bertz CT molecular complexity index is 755. The zero-order chi connectivity index (χ0) is 16.4. The summed E-state index contributed by atoms with van der Waals surface area (Å²) in [5.74, 6) is 0.338. The Morgan fingerprint density at radius 3 is 3.13 bits per heavy atom. The van der Waals surface area contributed by atoms with Crippen LogP contribution in [0.1, 0.15) is 6.42 Å². The van der Waals surface area contributed by atoms with Crippen LogP contribution in [0.15, 0.2) is 23.8 Å². The molecule has 0 saturated carbocycles. The summed E-state index contributed by atoms with van der Waals surface area (Å²) in [6, 6.07) is 0. The second-order valence-corrected chi connectivity index (χ2v) is 5.44. The molecule has 0 unspecified atom stereocenters. The van der Waals surface area contributed by atoms with Gasteiger partial charge in [0.1, 0.15) is 6.10 Å². The summed E-state index contributed by atoms with van der Waals surface area (Å²) in [5.41, 5.74) is 0.346. The van der Waals surface area contributed by atoms with Crippen molar-refractivity contribution in [2.24, 2.45) is 0 Å². The number of aromatic amines is 1. The van der Waals surface area contributed by atoms with Crippen LogP contribution in [-0.2, 0) is 11.3 Å². The largest absolute Gasteiger partial charge is 0.394 e. The highest BCUT2D eigenvalue weighted by Crippen LogP contribution is 2.22. The highest BCUT2D eigenvalue weighted by Gasteiger charge is 2.33. The van der Waals surface area contributed by atoms with Crippen molar-refractivity contribution >= 4 is 17.1 Å². The van der Waals surface area contributed by atoms with Gasteiger partial charge in [0.2, 0.25) is 5.95 Å². The predicted octanol–water partition coefficient (Wildman–Crippen LogP) is -0.772. The second kappa shape index (κ2) is 6.49. The zero-order valence-corrected chi connectivity index (χ0v) is 12.5. The van der Waals surface area contributed by atoms with Gasteiger partial charge in [-0.25, -0.2) is 4.98 Å². The Morgan fingerprint density at radius 1 is 1.61 bits per heavy atom. The molecule has 9 nitrogen and oxygen atoms in total. The van der Waals surface area contributed by atoms with E-state index in [0.717, 1.165) is 0 Å². The number of hydrogen-bond donors (Lipinski definition) is 4. The van der Waals surface area contributed by atoms with Gasteiger partial charge in [-0.05, 0) is 0 Å². The van der Waals surface area contributed by atoms with Gasteiger partial charge in [-0.3, -0.25) is 9.78 Å². The molecule has 0 radical (unpaired) electrons. The Balaban J connectivity index is 1.85. The highest BCUT2D eigenvalue weighted by atomic mass is 16.5. The Kier molecular flexibility index (Phi) is 4.42. The molecule has 1 aliphatic rings. The lowest BCUT2D eigenvalue weighted by molar-refractivity contribution is -0.0255. The molecule has 2 aromatic rings. The number of fused-ring (bicyclic) bond motifs is 1. The van der Waals surface area contributed by atoms with Crippen molar-refractivity contribution < 1.29 is 14.9 Å². The van der Waals surface area contributed by atoms with Crippen molar-refractivity contribution in [3.8, 4) is 0 Å². The first-order chi connectivity index (χ1) is 11.1. The van der Waals surface area contributed by atoms with Crippen molar-refractivity contribution in [2.75, 3.05) is 18.5 Å². The molecule has 0 aliphatic carbocycles. The first-order valence-electron chi connectivity index (χ1n) is 7.36. The van der Waals surface area contributed by atoms with Crippen LogP contribution in [0.3, 0.4) is 0 Å². The molecule has 124 valence electrons. The lowest BCUT2D eigenvalue weighted by Gasteiger charge is -2.13. The van der Waals surface area contributed by atoms with Gasteiger partial charge in [0.15, 0.2) is 11.2 Å². The molecule has 0 aromatic carbocycles. The normalized spacial score (nSPS) is 24.2. The van der Waals surface area contributed by atoms with Gasteiger partial charge < -0.3 is 24.8 Å². The number of aliphatic hydroxyl groups excluding tert-OH is 2. The summed E-state index contributed by atoms with van der Waals surface area (Å²) in [6.07, 6.45) is 2.05. The third-order valence-corrected chi connectivity index (χ3v) is 3.77. The summed E-state index contributed by atoms with van der Waals surface area (Å²) in [7, 11) is 0. The molecule has 0 amide bonds. The standard InChI is InChI=1S/C14H19N5O4/c1-2-3-15-14-17-12-11(13(22)18-14)16-7-19(12)5-8-4-9(21)10(6-20)23-8/h2,7-10,20-21H,1,3-6H2,(H2,15,17,18,22)/t8-,9-,10-/m1/s1. The SMILES string of the molecule is C=CCNc1nc2c(ncn2C[C@H]2C[C@@H](O)[C@@H](CO)O2)c(=O)[nH]1. The number of H-pyrrole nitrogens is 1. The van der Waals surface area contributed by atoms with E-state index in [9.17, 15) is 9.90 Å². The third kappa shape index (κ3) is 3.11. The fourth-order valence-electron chi connectivity index (χ4n) is 2.66. The van der Waals surface area contributed by atoms with Crippen LogP contribution in [0.25, 0.3) is 11.2 Å². The van der Waals surface area contributed by atoms with Crippen molar-refractivity contribution in [3.05, 3.63) is 29.3 Å². The highest BCUT2D eigenvalue weighted by molar-refractivity contribution is 5.70. The van der Waals surface area contributed by atoms with Gasteiger partial charge in [-0.1, -0.05) is 6.08 Å². The molecule has 23 heavy (non-hydrogen) atoms. The molecule has 3 atom stereocenters. The first-order valence-corrected chi connectivity index (χ1v) is 7.36. The lowest BCUT2D eigenvalue weighted by atomic mass is 10.1. The molecule has 1 fully saturated rings. The van der Waals surface area contributed by atoms with Crippen molar-refractivity contribution in [1.29, 1.82) is 0 Å². The predicted molar refractivity (Wildman–Crippen MR) is 83.2 cm³/mol. The number of ether oxygens (including phenoxy) is 1. The molecule has 1 saturated heterocycles. The van der Waals surface area contributed by atoms with E-state index in [1.807, 2.05) is 0 Å². The molecule has 3 heterocycles. The van der Waals surface area contributed by atoms with E-state index in [2.05, 4.69) is 26.8 Å². The van der Waals surface area contributed by atoms with E-state index in [-0.39, 0.29) is 23.8 Å². The maximum Gasteiger partial charge on any atom is 0.280 e. The Hall–Kier alpha value is -2.23. The fraction of sp³-hybridized carbons (Fsp3) is 0.500. The Labute approximate surface area is 131 Å². The number of anilines is 1. The third-order valence-electron chi connectivity index (χ3n) is 3.77. The average molecular weight is 321 g/mol. The van der Waals surface area contributed by atoms with E-state index in [4.69, 9.17) is 9.84 Å². The van der Waals surface area contributed by atoms with Crippen LogP contribution < -0.4 is 10.9 Å². The van der Waals surface area contributed by atoms with Gasteiger partial charge in [-0.2, -0.15) is 4.98 Å². The quantitative estimate of drug-likeness (QED) is 0.515. The molecule has 9 heteroatoms. The molecular weight excluding hydrogens is 302 g/mol. The van der Waals surface area contributed by atoms with Crippen LogP contribution >= 0.6 is 0 Å². The Morgan fingerprint density at radius 2 is 2.43 bits per heavy atom. The summed E-state index contributed by atoms with van der Waals surface area (Å²) in [4.78, 5) is 23.1. The number of rotatable bonds is 6. The maximum absolute atomic E-state index is 12.0. The lowest BCUT2D eigenvalue weighted by Crippen LogP contribution is -2.24. The van der Waals surface area contributed by atoms with E-state index < -0.39 is 12.2 Å². The molecule has 0 bridgehead atoms. The summed E-state index contributed by atoms with van der Waals surface area (Å²) in [5, 5.41) is 21.8.